The van der Waals surface area contributed by atoms with Gasteiger partial charge in [0, 0.05) is 28.8 Å². The highest BCUT2D eigenvalue weighted by molar-refractivity contribution is 7.99. The molecule has 0 saturated carbocycles. The Labute approximate surface area is 178 Å². The number of anilines is 1. The van der Waals surface area contributed by atoms with Crippen LogP contribution >= 0.6 is 23.4 Å². The van der Waals surface area contributed by atoms with Crippen molar-refractivity contribution in [1.82, 2.24) is 14.3 Å². The van der Waals surface area contributed by atoms with Crippen molar-refractivity contribution in [3.63, 3.8) is 0 Å². The Morgan fingerprint density at radius 3 is 2.62 bits per heavy atom. The summed E-state index contributed by atoms with van der Waals surface area (Å²) in [5.74, 6) is -0.149. The molecule has 152 valence electrons. The molecule has 0 unspecified atom stereocenters. The molecule has 0 bridgehead atoms. The van der Waals surface area contributed by atoms with Gasteiger partial charge in [-0.15, -0.1) is 0 Å². The van der Waals surface area contributed by atoms with Crippen LogP contribution in [0.4, 0.5) is 5.69 Å². The summed E-state index contributed by atoms with van der Waals surface area (Å²) in [6.45, 7) is 1.70. The lowest BCUT2D eigenvalue weighted by atomic mass is 10.2. The molecule has 0 aliphatic heterocycles. The average Bonchev–Trinajstić information content (AvgIpc) is 3.17. The second-order valence-electron chi connectivity index (χ2n) is 6.08. The lowest BCUT2D eigenvalue weighted by molar-refractivity contribution is -0.113. The molecule has 0 atom stereocenters. The summed E-state index contributed by atoms with van der Waals surface area (Å²) in [5, 5.41) is 4.02. The van der Waals surface area contributed by atoms with Gasteiger partial charge in [-0.1, -0.05) is 29.4 Å². The zero-order chi connectivity index (χ0) is 21.0. The summed E-state index contributed by atoms with van der Waals surface area (Å²) in [6.07, 6.45) is 3.46. The minimum Gasteiger partial charge on any atom is -0.325 e. The number of hydrogen-bond donors (Lipinski definition) is 2. The normalized spacial score (nSPS) is 11.4. The molecule has 1 aromatic heterocycles. The number of benzene rings is 2. The Morgan fingerprint density at radius 1 is 1.21 bits per heavy atom. The minimum absolute atomic E-state index is 0.118. The van der Waals surface area contributed by atoms with E-state index in [1.807, 2.05) is 16.7 Å². The van der Waals surface area contributed by atoms with Crippen molar-refractivity contribution in [2.24, 2.45) is 0 Å². The first kappa shape index (κ1) is 21.4. The zero-order valence-electron chi connectivity index (χ0n) is 15.7. The smallest absolute Gasteiger partial charge is 0.240 e. The first-order chi connectivity index (χ1) is 13.8. The number of nitrogens with one attached hydrogen (secondary N) is 2. The van der Waals surface area contributed by atoms with Crippen molar-refractivity contribution >= 4 is 45.0 Å². The van der Waals surface area contributed by atoms with Gasteiger partial charge in [-0.2, -0.15) is 0 Å². The number of rotatable bonds is 7. The van der Waals surface area contributed by atoms with Crippen molar-refractivity contribution in [2.75, 3.05) is 18.1 Å². The van der Waals surface area contributed by atoms with Crippen LogP contribution in [0.15, 0.2) is 64.9 Å². The molecule has 0 fully saturated rings. The van der Waals surface area contributed by atoms with Crippen LogP contribution in [0.3, 0.4) is 0 Å². The average molecular weight is 451 g/mol. The number of thioether (sulfide) groups is 1. The van der Waals surface area contributed by atoms with E-state index in [9.17, 15) is 13.2 Å². The van der Waals surface area contributed by atoms with Gasteiger partial charge in [0.1, 0.15) is 0 Å². The second kappa shape index (κ2) is 9.00. The fourth-order valence-corrected chi connectivity index (χ4v) is 4.49. The number of sulfonamides is 1. The van der Waals surface area contributed by atoms with Crippen molar-refractivity contribution in [3.05, 3.63) is 65.4 Å². The number of hydrogen-bond acceptors (Lipinski definition) is 5. The first-order valence-electron chi connectivity index (χ1n) is 8.56. The Balaban J connectivity index is 1.68. The van der Waals surface area contributed by atoms with Crippen molar-refractivity contribution in [2.45, 2.75) is 17.0 Å². The molecule has 0 radical (unpaired) electrons. The van der Waals surface area contributed by atoms with Crippen molar-refractivity contribution < 1.29 is 13.2 Å². The number of amides is 1. The van der Waals surface area contributed by atoms with E-state index in [4.69, 9.17) is 11.6 Å². The predicted molar refractivity (Wildman–Crippen MR) is 115 cm³/mol. The lowest BCUT2D eigenvalue weighted by Crippen LogP contribution is -2.20. The van der Waals surface area contributed by atoms with E-state index in [-0.39, 0.29) is 16.6 Å². The molecule has 10 heteroatoms. The summed E-state index contributed by atoms with van der Waals surface area (Å²) in [5.41, 5.74) is 1.89. The molecule has 0 saturated heterocycles. The fourth-order valence-electron chi connectivity index (χ4n) is 2.60. The third-order valence-electron chi connectivity index (χ3n) is 4.07. The van der Waals surface area contributed by atoms with E-state index in [0.717, 1.165) is 5.69 Å². The molecule has 3 aromatic rings. The second-order valence-corrected chi connectivity index (χ2v) is 9.31. The van der Waals surface area contributed by atoms with E-state index in [1.165, 1.54) is 24.9 Å². The monoisotopic (exact) mass is 450 g/mol. The van der Waals surface area contributed by atoms with Gasteiger partial charge in [0.15, 0.2) is 5.16 Å². The highest BCUT2D eigenvalue weighted by Crippen LogP contribution is 2.23. The van der Waals surface area contributed by atoms with Crippen LogP contribution in [0.2, 0.25) is 5.02 Å². The SMILES string of the molecule is CNS(=O)(=O)c1cc(NC(=O)CSc2nccn2-c2ccc(Cl)cc2)ccc1C. The van der Waals surface area contributed by atoms with Gasteiger partial charge < -0.3 is 5.32 Å². The molecule has 29 heavy (non-hydrogen) atoms. The fraction of sp³-hybridized carbons (Fsp3) is 0.158. The van der Waals surface area contributed by atoms with Crippen LogP contribution in [-0.2, 0) is 14.8 Å². The number of aromatic nitrogens is 2. The van der Waals surface area contributed by atoms with Gasteiger partial charge in [-0.3, -0.25) is 9.36 Å². The summed E-state index contributed by atoms with van der Waals surface area (Å²) < 4.78 is 28.3. The van der Waals surface area contributed by atoms with E-state index in [1.54, 1.807) is 43.6 Å². The zero-order valence-corrected chi connectivity index (χ0v) is 18.1. The number of carbonyl (C=O) groups is 1. The molecule has 7 nitrogen and oxygen atoms in total. The third-order valence-corrected chi connectivity index (χ3v) is 6.85. The Morgan fingerprint density at radius 2 is 1.93 bits per heavy atom. The largest absolute Gasteiger partial charge is 0.325 e. The summed E-state index contributed by atoms with van der Waals surface area (Å²) in [6, 6.07) is 12.1. The molecule has 0 aliphatic carbocycles. The van der Waals surface area contributed by atoms with Crippen LogP contribution < -0.4 is 10.0 Å². The molecule has 1 heterocycles. The Kier molecular flexibility index (Phi) is 6.63. The third kappa shape index (κ3) is 5.18. The number of halogens is 1. The van der Waals surface area contributed by atoms with Crippen molar-refractivity contribution in [1.29, 1.82) is 0 Å². The molecule has 0 aliphatic rings. The molecule has 1 amide bonds. The Bertz CT molecular complexity index is 1130. The Hall–Kier alpha value is -2.33. The van der Waals surface area contributed by atoms with Gasteiger partial charge in [0.05, 0.1) is 10.6 Å². The van der Waals surface area contributed by atoms with Crippen LogP contribution in [0, 0.1) is 6.92 Å². The van der Waals surface area contributed by atoms with E-state index in [0.29, 0.717) is 21.4 Å². The highest BCUT2D eigenvalue weighted by atomic mass is 35.5. The molecule has 0 spiro atoms. The minimum atomic E-state index is -3.60. The van der Waals surface area contributed by atoms with Crippen LogP contribution in [0.5, 0.6) is 0 Å². The molecule has 2 N–H and O–H groups in total. The maximum absolute atomic E-state index is 12.4. The van der Waals surface area contributed by atoms with Crippen LogP contribution in [0.1, 0.15) is 5.56 Å². The van der Waals surface area contributed by atoms with E-state index < -0.39 is 10.0 Å². The summed E-state index contributed by atoms with van der Waals surface area (Å²) >= 11 is 7.20. The number of carbonyl (C=O) groups excluding carboxylic acids is 1. The lowest BCUT2D eigenvalue weighted by Gasteiger charge is -2.11. The summed E-state index contributed by atoms with van der Waals surface area (Å²) in [4.78, 5) is 16.8. The number of imidazole rings is 1. The molecular weight excluding hydrogens is 432 g/mol. The van der Waals surface area contributed by atoms with Gasteiger partial charge in [-0.25, -0.2) is 18.1 Å². The van der Waals surface area contributed by atoms with Gasteiger partial charge >= 0.3 is 0 Å². The van der Waals surface area contributed by atoms with Crippen LogP contribution in [-0.4, -0.2) is 36.7 Å². The molecular formula is C19H19ClN4O3S2. The molecule has 2 aromatic carbocycles. The van der Waals surface area contributed by atoms with Gasteiger partial charge in [0.2, 0.25) is 15.9 Å². The van der Waals surface area contributed by atoms with E-state index >= 15 is 0 Å². The number of nitrogens with zero attached hydrogens (tertiary/aromatic N) is 2. The standard InChI is InChI=1S/C19H19ClN4O3S2/c1-13-3-6-15(11-17(13)29(26,27)21-2)23-18(25)12-28-19-22-9-10-24(19)16-7-4-14(20)5-8-16/h3-11,21H,12H2,1-2H3,(H,23,25). The first-order valence-corrected chi connectivity index (χ1v) is 11.4. The molecule has 3 rings (SSSR count). The summed E-state index contributed by atoms with van der Waals surface area (Å²) in [7, 11) is -2.26. The van der Waals surface area contributed by atoms with Gasteiger partial charge in [-0.05, 0) is 55.9 Å². The predicted octanol–water partition coefficient (Wildman–Crippen LogP) is 3.47. The van der Waals surface area contributed by atoms with Crippen LogP contribution in [0.25, 0.3) is 5.69 Å². The van der Waals surface area contributed by atoms with E-state index in [2.05, 4.69) is 15.0 Å². The highest BCUT2D eigenvalue weighted by Gasteiger charge is 2.16. The number of aryl methyl sites for hydroxylation is 1. The topological polar surface area (TPSA) is 93.1 Å². The maximum atomic E-state index is 12.4. The maximum Gasteiger partial charge on any atom is 0.240 e. The van der Waals surface area contributed by atoms with Crippen molar-refractivity contribution in [3.8, 4) is 5.69 Å². The van der Waals surface area contributed by atoms with Gasteiger partial charge in [0.25, 0.3) is 0 Å². The quantitative estimate of drug-likeness (QED) is 0.537.